The normalized spacial score (nSPS) is 12.9. The average Bonchev–Trinajstić information content (AvgIpc) is 2.87. The molecule has 86 valence electrons. The Balaban J connectivity index is 2.14. The Labute approximate surface area is 94.1 Å². The third-order valence-corrected chi connectivity index (χ3v) is 2.49. The molecule has 2 heterocycles. The SMILES string of the molecule is CCn1cncc1Cn1cc(C(C)N)nn1. The molecule has 0 radical (unpaired) electrons. The van der Waals surface area contributed by atoms with Crippen LogP contribution in [-0.4, -0.2) is 24.5 Å². The van der Waals surface area contributed by atoms with Crippen LogP contribution in [-0.2, 0) is 13.1 Å². The maximum Gasteiger partial charge on any atom is 0.0991 e. The molecule has 0 amide bonds. The van der Waals surface area contributed by atoms with E-state index in [2.05, 4.69) is 26.8 Å². The summed E-state index contributed by atoms with van der Waals surface area (Å²) in [6, 6.07) is -0.0789. The van der Waals surface area contributed by atoms with E-state index in [0.717, 1.165) is 17.9 Å². The Morgan fingerprint density at radius 3 is 2.94 bits per heavy atom. The van der Waals surface area contributed by atoms with Crippen LogP contribution in [0.1, 0.15) is 31.3 Å². The van der Waals surface area contributed by atoms with Gasteiger partial charge in [-0.25, -0.2) is 9.67 Å². The quantitative estimate of drug-likeness (QED) is 0.817. The van der Waals surface area contributed by atoms with Gasteiger partial charge in [-0.15, -0.1) is 5.10 Å². The van der Waals surface area contributed by atoms with Gasteiger partial charge in [-0.3, -0.25) is 0 Å². The lowest BCUT2D eigenvalue weighted by Gasteiger charge is -2.04. The van der Waals surface area contributed by atoms with Gasteiger partial charge in [0.15, 0.2) is 0 Å². The van der Waals surface area contributed by atoms with E-state index in [1.54, 1.807) is 4.68 Å². The molecule has 0 fully saturated rings. The molecule has 6 nitrogen and oxygen atoms in total. The zero-order valence-electron chi connectivity index (χ0n) is 9.54. The van der Waals surface area contributed by atoms with Crippen molar-refractivity contribution >= 4 is 0 Å². The molecule has 0 saturated carbocycles. The summed E-state index contributed by atoms with van der Waals surface area (Å²) in [5.41, 5.74) is 7.65. The van der Waals surface area contributed by atoms with Crippen molar-refractivity contribution in [2.24, 2.45) is 5.73 Å². The molecule has 0 aliphatic rings. The molecule has 2 aromatic rings. The van der Waals surface area contributed by atoms with Gasteiger partial charge in [0.05, 0.1) is 36.7 Å². The summed E-state index contributed by atoms with van der Waals surface area (Å²) in [6.45, 7) is 5.56. The van der Waals surface area contributed by atoms with E-state index in [1.807, 2.05) is 25.6 Å². The minimum absolute atomic E-state index is 0.0789. The maximum atomic E-state index is 5.72. The molecule has 2 aromatic heterocycles. The summed E-state index contributed by atoms with van der Waals surface area (Å²) >= 11 is 0. The number of hydrogen-bond donors (Lipinski definition) is 1. The summed E-state index contributed by atoms with van der Waals surface area (Å²) in [7, 11) is 0. The molecule has 0 aliphatic heterocycles. The Morgan fingerprint density at radius 2 is 2.31 bits per heavy atom. The first-order chi connectivity index (χ1) is 7.70. The molecule has 0 aliphatic carbocycles. The highest BCUT2D eigenvalue weighted by Gasteiger charge is 2.07. The zero-order chi connectivity index (χ0) is 11.5. The van der Waals surface area contributed by atoms with Crippen LogP contribution in [0.2, 0.25) is 0 Å². The molecular formula is C10H16N6. The van der Waals surface area contributed by atoms with Gasteiger partial charge in [0.2, 0.25) is 0 Å². The van der Waals surface area contributed by atoms with Crippen LogP contribution in [0, 0.1) is 0 Å². The van der Waals surface area contributed by atoms with Crippen molar-refractivity contribution < 1.29 is 0 Å². The summed E-state index contributed by atoms with van der Waals surface area (Å²) in [6.07, 6.45) is 5.53. The van der Waals surface area contributed by atoms with Crippen molar-refractivity contribution in [1.82, 2.24) is 24.5 Å². The van der Waals surface area contributed by atoms with Gasteiger partial charge in [0.1, 0.15) is 0 Å². The van der Waals surface area contributed by atoms with Crippen LogP contribution < -0.4 is 5.73 Å². The van der Waals surface area contributed by atoms with Crippen LogP contribution in [0.4, 0.5) is 0 Å². The van der Waals surface area contributed by atoms with E-state index >= 15 is 0 Å². The Hall–Kier alpha value is -1.69. The average molecular weight is 220 g/mol. The van der Waals surface area contributed by atoms with Gasteiger partial charge in [0.25, 0.3) is 0 Å². The lowest BCUT2D eigenvalue weighted by molar-refractivity contribution is 0.602. The van der Waals surface area contributed by atoms with Crippen LogP contribution in [0.15, 0.2) is 18.7 Å². The number of hydrogen-bond acceptors (Lipinski definition) is 4. The molecule has 6 heteroatoms. The first-order valence-electron chi connectivity index (χ1n) is 5.35. The molecular weight excluding hydrogens is 204 g/mol. The van der Waals surface area contributed by atoms with E-state index in [4.69, 9.17) is 5.73 Å². The number of aromatic nitrogens is 5. The van der Waals surface area contributed by atoms with Gasteiger partial charge >= 0.3 is 0 Å². The fourth-order valence-corrected chi connectivity index (χ4v) is 1.53. The molecule has 0 bridgehead atoms. The second-order valence-corrected chi connectivity index (χ2v) is 3.80. The lowest BCUT2D eigenvalue weighted by atomic mass is 10.3. The highest BCUT2D eigenvalue weighted by Crippen LogP contribution is 2.06. The van der Waals surface area contributed by atoms with Crippen molar-refractivity contribution in [3.63, 3.8) is 0 Å². The standard InChI is InChI=1S/C10H16N6/c1-3-15-7-12-4-9(15)5-16-6-10(8(2)11)13-14-16/h4,6-8H,3,5,11H2,1-2H3. The molecule has 0 saturated heterocycles. The summed E-state index contributed by atoms with van der Waals surface area (Å²) in [5, 5.41) is 8.04. The fourth-order valence-electron chi connectivity index (χ4n) is 1.53. The smallest absolute Gasteiger partial charge is 0.0991 e. The topological polar surface area (TPSA) is 74.5 Å². The van der Waals surface area contributed by atoms with Crippen LogP contribution in [0.3, 0.4) is 0 Å². The maximum absolute atomic E-state index is 5.72. The molecule has 1 atom stereocenters. The van der Waals surface area contributed by atoms with Crippen LogP contribution >= 0.6 is 0 Å². The third kappa shape index (κ3) is 2.11. The molecule has 1 unspecified atom stereocenters. The number of rotatable bonds is 4. The van der Waals surface area contributed by atoms with Crippen molar-refractivity contribution in [2.45, 2.75) is 33.0 Å². The van der Waals surface area contributed by atoms with Gasteiger partial charge in [-0.05, 0) is 13.8 Å². The summed E-state index contributed by atoms with van der Waals surface area (Å²) < 4.78 is 3.86. The monoisotopic (exact) mass is 220 g/mol. The van der Waals surface area contributed by atoms with E-state index in [-0.39, 0.29) is 6.04 Å². The first-order valence-corrected chi connectivity index (χ1v) is 5.35. The predicted molar refractivity (Wildman–Crippen MR) is 59.6 cm³/mol. The first kappa shape index (κ1) is 10.8. The molecule has 0 aromatic carbocycles. The Morgan fingerprint density at radius 1 is 1.50 bits per heavy atom. The molecule has 16 heavy (non-hydrogen) atoms. The minimum atomic E-state index is -0.0789. The van der Waals surface area contributed by atoms with Crippen molar-refractivity contribution in [3.05, 3.63) is 30.1 Å². The van der Waals surface area contributed by atoms with Crippen molar-refractivity contribution in [2.75, 3.05) is 0 Å². The Bertz CT molecular complexity index is 455. The molecule has 0 spiro atoms. The van der Waals surface area contributed by atoms with E-state index in [0.29, 0.717) is 6.54 Å². The van der Waals surface area contributed by atoms with Gasteiger partial charge < -0.3 is 10.3 Å². The molecule has 2 rings (SSSR count). The van der Waals surface area contributed by atoms with Gasteiger partial charge in [0, 0.05) is 12.6 Å². The second kappa shape index (κ2) is 4.44. The van der Waals surface area contributed by atoms with Crippen LogP contribution in [0.5, 0.6) is 0 Å². The second-order valence-electron chi connectivity index (χ2n) is 3.80. The lowest BCUT2D eigenvalue weighted by Crippen LogP contribution is -2.07. The molecule has 2 N–H and O–H groups in total. The predicted octanol–water partition coefficient (Wildman–Crippen LogP) is 0.562. The highest BCUT2D eigenvalue weighted by molar-refractivity contribution is 5.02. The van der Waals surface area contributed by atoms with E-state index in [9.17, 15) is 0 Å². The number of aryl methyl sites for hydroxylation is 1. The summed E-state index contributed by atoms with van der Waals surface area (Å²) in [4.78, 5) is 4.11. The summed E-state index contributed by atoms with van der Waals surface area (Å²) in [5.74, 6) is 0. The van der Waals surface area contributed by atoms with E-state index < -0.39 is 0 Å². The zero-order valence-corrected chi connectivity index (χ0v) is 9.54. The number of nitrogens with zero attached hydrogens (tertiary/aromatic N) is 5. The van der Waals surface area contributed by atoms with Crippen molar-refractivity contribution in [3.8, 4) is 0 Å². The highest BCUT2D eigenvalue weighted by atomic mass is 15.4. The van der Waals surface area contributed by atoms with Gasteiger partial charge in [-0.1, -0.05) is 5.21 Å². The third-order valence-electron chi connectivity index (χ3n) is 2.49. The van der Waals surface area contributed by atoms with Crippen molar-refractivity contribution in [1.29, 1.82) is 0 Å². The van der Waals surface area contributed by atoms with Gasteiger partial charge in [-0.2, -0.15) is 0 Å². The largest absolute Gasteiger partial charge is 0.333 e. The van der Waals surface area contributed by atoms with Crippen LogP contribution in [0.25, 0.3) is 0 Å². The van der Waals surface area contributed by atoms with E-state index in [1.165, 1.54) is 0 Å². The number of imidazole rings is 1. The number of nitrogens with two attached hydrogens (primary N) is 1. The fraction of sp³-hybridized carbons (Fsp3) is 0.500. The minimum Gasteiger partial charge on any atom is -0.333 e. The Kier molecular flexibility index (Phi) is 3.00.